The summed E-state index contributed by atoms with van der Waals surface area (Å²) in [5.41, 5.74) is 6.80. The molecule has 0 heterocycles. The van der Waals surface area contributed by atoms with Gasteiger partial charge in [0.15, 0.2) is 0 Å². The molecule has 0 aliphatic rings. The molecule has 0 radical (unpaired) electrons. The van der Waals surface area contributed by atoms with E-state index in [2.05, 4.69) is 13.8 Å². The van der Waals surface area contributed by atoms with Gasteiger partial charge in [-0.1, -0.05) is 44.2 Å². The summed E-state index contributed by atoms with van der Waals surface area (Å²) >= 11 is 0. The second-order valence-electron chi connectivity index (χ2n) is 4.52. The Kier molecular flexibility index (Phi) is 6.44. The van der Waals surface area contributed by atoms with Crippen LogP contribution in [0.2, 0.25) is 0 Å². The summed E-state index contributed by atoms with van der Waals surface area (Å²) in [6, 6.07) is 9.82. The molecule has 3 heteroatoms. The van der Waals surface area contributed by atoms with Crippen LogP contribution in [0.3, 0.4) is 0 Å². The number of hydrogen-bond donors (Lipinski definition) is 1. The first-order valence-corrected chi connectivity index (χ1v) is 6.78. The third-order valence-electron chi connectivity index (χ3n) is 3.03. The first kappa shape index (κ1) is 14.7. The highest BCUT2D eigenvalue weighted by Gasteiger charge is 2.23. The number of nitrogens with zero attached hydrogens (tertiary/aromatic N) is 1. The number of amides is 1. The molecule has 0 spiro atoms. The Hall–Kier alpha value is -1.35. The van der Waals surface area contributed by atoms with Crippen LogP contribution in [0, 0.1) is 0 Å². The standard InChI is InChI=1S/C15H24N2O/c1-3-10-17(11-4-2)15(18)14(12-16)13-8-6-5-7-9-13/h5-9,14H,3-4,10-12,16H2,1-2H3. The minimum absolute atomic E-state index is 0.160. The van der Waals surface area contributed by atoms with E-state index < -0.39 is 0 Å². The Morgan fingerprint density at radius 2 is 1.72 bits per heavy atom. The van der Waals surface area contributed by atoms with Gasteiger partial charge in [-0.3, -0.25) is 4.79 Å². The van der Waals surface area contributed by atoms with Crippen molar-refractivity contribution in [1.82, 2.24) is 4.90 Å². The molecule has 0 aliphatic carbocycles. The SMILES string of the molecule is CCCN(CCC)C(=O)C(CN)c1ccccc1. The van der Waals surface area contributed by atoms with Crippen LogP contribution in [0.4, 0.5) is 0 Å². The summed E-state index contributed by atoms with van der Waals surface area (Å²) in [6.07, 6.45) is 1.97. The van der Waals surface area contributed by atoms with Crippen LogP contribution in [0.1, 0.15) is 38.2 Å². The molecule has 18 heavy (non-hydrogen) atoms. The molecule has 1 amide bonds. The predicted octanol–water partition coefficient (Wildman–Crippen LogP) is 2.38. The van der Waals surface area contributed by atoms with E-state index >= 15 is 0 Å². The molecule has 2 N–H and O–H groups in total. The van der Waals surface area contributed by atoms with E-state index in [-0.39, 0.29) is 11.8 Å². The first-order chi connectivity index (χ1) is 8.74. The summed E-state index contributed by atoms with van der Waals surface area (Å²) in [5.74, 6) is -0.0447. The van der Waals surface area contributed by atoms with Crippen molar-refractivity contribution in [1.29, 1.82) is 0 Å². The van der Waals surface area contributed by atoms with Crippen LogP contribution in [-0.4, -0.2) is 30.4 Å². The Balaban J connectivity index is 2.83. The monoisotopic (exact) mass is 248 g/mol. The lowest BCUT2D eigenvalue weighted by atomic mass is 9.97. The minimum Gasteiger partial charge on any atom is -0.342 e. The van der Waals surface area contributed by atoms with Crippen LogP contribution in [0.5, 0.6) is 0 Å². The Labute approximate surface area is 110 Å². The van der Waals surface area contributed by atoms with Gasteiger partial charge >= 0.3 is 0 Å². The third kappa shape index (κ3) is 3.84. The van der Waals surface area contributed by atoms with Crippen LogP contribution in [0.25, 0.3) is 0 Å². The fraction of sp³-hybridized carbons (Fsp3) is 0.533. The lowest BCUT2D eigenvalue weighted by Crippen LogP contribution is -2.38. The van der Waals surface area contributed by atoms with Gasteiger partial charge in [-0.15, -0.1) is 0 Å². The van der Waals surface area contributed by atoms with Crippen molar-refractivity contribution in [3.8, 4) is 0 Å². The summed E-state index contributed by atoms with van der Waals surface area (Å²) in [5, 5.41) is 0. The summed E-state index contributed by atoms with van der Waals surface area (Å²) in [7, 11) is 0. The molecular formula is C15H24N2O. The summed E-state index contributed by atoms with van der Waals surface area (Å²) in [6.45, 7) is 6.19. The van der Waals surface area contributed by atoms with E-state index in [1.165, 1.54) is 0 Å². The maximum absolute atomic E-state index is 12.5. The molecule has 1 rings (SSSR count). The van der Waals surface area contributed by atoms with Gasteiger partial charge in [0.25, 0.3) is 0 Å². The Morgan fingerprint density at radius 3 is 2.17 bits per heavy atom. The van der Waals surface area contributed by atoms with Crippen LogP contribution in [0.15, 0.2) is 30.3 Å². The van der Waals surface area contributed by atoms with Gasteiger partial charge in [0, 0.05) is 19.6 Å². The average Bonchev–Trinajstić information content (AvgIpc) is 2.40. The zero-order valence-corrected chi connectivity index (χ0v) is 11.4. The maximum atomic E-state index is 12.5. The fourth-order valence-corrected chi connectivity index (χ4v) is 2.16. The molecule has 100 valence electrons. The molecule has 0 saturated heterocycles. The Bertz CT molecular complexity index is 345. The van der Waals surface area contributed by atoms with Crippen LogP contribution < -0.4 is 5.73 Å². The lowest BCUT2D eigenvalue weighted by Gasteiger charge is -2.26. The van der Waals surface area contributed by atoms with Crippen molar-refractivity contribution in [2.45, 2.75) is 32.6 Å². The van der Waals surface area contributed by atoms with Crippen molar-refractivity contribution < 1.29 is 4.79 Å². The van der Waals surface area contributed by atoms with Crippen molar-refractivity contribution in [2.24, 2.45) is 5.73 Å². The second kappa shape index (κ2) is 7.88. The molecule has 0 aliphatic heterocycles. The quantitative estimate of drug-likeness (QED) is 0.805. The van der Waals surface area contributed by atoms with Gasteiger partial charge < -0.3 is 10.6 Å². The van der Waals surface area contributed by atoms with Crippen molar-refractivity contribution in [3.63, 3.8) is 0 Å². The highest BCUT2D eigenvalue weighted by molar-refractivity contribution is 5.84. The highest BCUT2D eigenvalue weighted by Crippen LogP contribution is 2.17. The number of carbonyl (C=O) groups excluding carboxylic acids is 1. The molecule has 0 fully saturated rings. The molecule has 1 aromatic rings. The normalized spacial score (nSPS) is 12.2. The second-order valence-corrected chi connectivity index (χ2v) is 4.52. The van der Waals surface area contributed by atoms with Crippen LogP contribution in [-0.2, 0) is 4.79 Å². The van der Waals surface area contributed by atoms with Crippen molar-refractivity contribution >= 4 is 5.91 Å². The number of benzene rings is 1. The molecule has 1 atom stereocenters. The minimum atomic E-state index is -0.204. The molecule has 1 aromatic carbocycles. The van der Waals surface area contributed by atoms with Gasteiger partial charge in [-0.25, -0.2) is 0 Å². The van der Waals surface area contributed by atoms with Gasteiger partial charge in [0.2, 0.25) is 5.91 Å². The molecule has 3 nitrogen and oxygen atoms in total. The molecule has 0 aromatic heterocycles. The number of hydrogen-bond acceptors (Lipinski definition) is 2. The smallest absolute Gasteiger partial charge is 0.231 e. The van der Waals surface area contributed by atoms with E-state index in [1.807, 2.05) is 35.2 Å². The van der Waals surface area contributed by atoms with Crippen LogP contribution >= 0.6 is 0 Å². The van der Waals surface area contributed by atoms with Gasteiger partial charge in [0.05, 0.1) is 5.92 Å². The molecule has 0 saturated carbocycles. The molecule has 0 bridgehead atoms. The average molecular weight is 248 g/mol. The topological polar surface area (TPSA) is 46.3 Å². The Morgan fingerprint density at radius 1 is 1.17 bits per heavy atom. The van der Waals surface area contributed by atoms with E-state index in [9.17, 15) is 4.79 Å². The zero-order valence-electron chi connectivity index (χ0n) is 11.4. The van der Waals surface area contributed by atoms with Gasteiger partial charge in [-0.2, -0.15) is 0 Å². The van der Waals surface area contributed by atoms with Gasteiger partial charge in [-0.05, 0) is 18.4 Å². The third-order valence-corrected chi connectivity index (χ3v) is 3.03. The number of carbonyl (C=O) groups is 1. The van der Waals surface area contributed by atoms with E-state index in [0.29, 0.717) is 6.54 Å². The molecule has 1 unspecified atom stereocenters. The highest BCUT2D eigenvalue weighted by atomic mass is 16.2. The summed E-state index contributed by atoms with van der Waals surface area (Å²) in [4.78, 5) is 14.4. The van der Waals surface area contributed by atoms with E-state index in [4.69, 9.17) is 5.73 Å². The largest absolute Gasteiger partial charge is 0.342 e. The first-order valence-electron chi connectivity index (χ1n) is 6.78. The number of rotatable bonds is 7. The fourth-order valence-electron chi connectivity index (χ4n) is 2.16. The maximum Gasteiger partial charge on any atom is 0.231 e. The lowest BCUT2D eigenvalue weighted by molar-refractivity contribution is -0.132. The predicted molar refractivity (Wildman–Crippen MR) is 75.4 cm³/mol. The zero-order chi connectivity index (χ0) is 13.4. The summed E-state index contributed by atoms with van der Waals surface area (Å²) < 4.78 is 0. The van der Waals surface area contributed by atoms with E-state index in [0.717, 1.165) is 31.5 Å². The van der Waals surface area contributed by atoms with E-state index in [1.54, 1.807) is 0 Å². The van der Waals surface area contributed by atoms with Crippen molar-refractivity contribution in [2.75, 3.05) is 19.6 Å². The molecular weight excluding hydrogens is 224 g/mol. The number of nitrogens with two attached hydrogens (primary N) is 1. The van der Waals surface area contributed by atoms with Crippen molar-refractivity contribution in [3.05, 3.63) is 35.9 Å². The van der Waals surface area contributed by atoms with Gasteiger partial charge in [0.1, 0.15) is 0 Å².